The molecule has 0 radical (unpaired) electrons. The van der Waals surface area contributed by atoms with Gasteiger partial charge < -0.3 is 54.7 Å². The van der Waals surface area contributed by atoms with Crippen molar-refractivity contribution in [2.45, 2.75) is 159 Å². The van der Waals surface area contributed by atoms with E-state index >= 15 is 0 Å². The number of fused-ring (bicyclic) bond motifs is 2. The molecule has 4 saturated heterocycles. The summed E-state index contributed by atoms with van der Waals surface area (Å²) in [6.07, 6.45) is 9.14. The molecule has 2 aliphatic carbocycles. The molecule has 19 heteroatoms. The molecule has 6 atom stereocenters. The molecule has 7 heterocycles. The van der Waals surface area contributed by atoms with E-state index in [0.717, 1.165) is 94.5 Å². The molecular formula is C59H73N11O8. The minimum Gasteiger partial charge on any atom is -0.507 e. The number of nitrogen functional groups attached to an aromatic ring is 1. The number of aliphatic hydroxyl groups excluding tert-OH is 1. The largest absolute Gasteiger partial charge is 0.507 e. The number of aliphatic hydroxyl groups is 1. The Hall–Kier alpha value is -7.01. The van der Waals surface area contributed by atoms with Crippen LogP contribution in [-0.2, 0) is 14.3 Å². The number of pyridine rings is 1. The first-order chi connectivity index (χ1) is 37.6. The van der Waals surface area contributed by atoms with Crippen LogP contribution in [0.3, 0.4) is 0 Å². The van der Waals surface area contributed by atoms with Crippen molar-refractivity contribution >= 4 is 29.0 Å². The first-order valence-corrected chi connectivity index (χ1v) is 28.0. The minimum absolute atomic E-state index is 0.0225. The molecule has 19 nitrogen and oxygen atoms in total. The van der Waals surface area contributed by atoms with Crippen LogP contribution in [0.4, 0.5) is 17.2 Å². The molecule has 4 aliphatic heterocycles. The standard InChI is InChI=1S/C59H73N11O8/c1-34(2)55(58(74)69-33-42(71)25-50(69)57(73)63-35(3)37-12-10-36(30-60)11-13-37)52-29-54(66-78-52)77-44-22-38(23-44)59(4,5)68-20-17-43(18-21-68)75-45-26-46(27-45)76-53-24-39(16-19-62-53)70-40-14-15-41(70)32-67(31-40)49-28-48(64-65-56(49)61)47-8-6-7-9-51(47)72/h6-13,16,19,24,28-29,34-35,38,40-46,50,55,71-72H,14-15,17-18,20-23,25-27,31-33H2,1-5H3,(H2,61,65)(H,63,73)/t35-,38?,40?,41?,42+,44?,45?,46?,50-,55+/m0/s1. The summed E-state index contributed by atoms with van der Waals surface area (Å²) < 4.78 is 25.2. The lowest BCUT2D eigenvalue weighted by Crippen LogP contribution is -2.58. The van der Waals surface area contributed by atoms with Crippen LogP contribution in [0.5, 0.6) is 17.5 Å². The van der Waals surface area contributed by atoms with E-state index in [-0.39, 0.29) is 72.4 Å². The smallest absolute Gasteiger partial charge is 0.254 e. The van der Waals surface area contributed by atoms with Gasteiger partial charge in [0.1, 0.15) is 29.9 Å². The number of β-amino-alcohol motifs (C(OH)–C–C–N with tert-alkyl or cyclic N) is 1. The number of para-hydroxylation sites is 1. The summed E-state index contributed by atoms with van der Waals surface area (Å²) in [6, 6.07) is 23.4. The summed E-state index contributed by atoms with van der Waals surface area (Å²) in [7, 11) is 0. The van der Waals surface area contributed by atoms with Crippen molar-refractivity contribution in [1.82, 2.24) is 35.5 Å². The average Bonchev–Trinajstić information content (AvgIpc) is 4.19. The van der Waals surface area contributed by atoms with Gasteiger partial charge in [0.25, 0.3) is 5.88 Å². The first-order valence-electron chi connectivity index (χ1n) is 28.0. The number of aromatic hydroxyl groups is 1. The molecule has 5 aromatic rings. The number of piperidine rings is 1. The van der Waals surface area contributed by atoms with E-state index in [1.807, 2.05) is 45.2 Å². The zero-order valence-electron chi connectivity index (χ0n) is 45.3. The lowest BCUT2D eigenvalue weighted by Gasteiger charge is -2.52. The number of nitrogens with zero attached hydrogens (tertiary/aromatic N) is 9. The van der Waals surface area contributed by atoms with Crippen molar-refractivity contribution in [1.29, 1.82) is 5.26 Å². The number of piperazine rings is 1. The summed E-state index contributed by atoms with van der Waals surface area (Å²) in [4.78, 5) is 41.4. The van der Waals surface area contributed by atoms with Crippen LogP contribution in [0.2, 0.25) is 0 Å². The first kappa shape index (κ1) is 53.0. The van der Waals surface area contributed by atoms with Gasteiger partial charge in [0, 0.05) is 99.2 Å². The number of aromatic nitrogens is 4. The van der Waals surface area contributed by atoms with Crippen LogP contribution < -0.4 is 30.3 Å². The number of ether oxygens (including phenoxy) is 3. The molecule has 2 saturated carbocycles. The van der Waals surface area contributed by atoms with Crippen LogP contribution in [0.25, 0.3) is 11.3 Å². The number of rotatable bonds is 17. The average molecular weight is 1060 g/mol. The van der Waals surface area contributed by atoms with Gasteiger partial charge in [0.15, 0.2) is 11.6 Å². The van der Waals surface area contributed by atoms with Crippen LogP contribution >= 0.6 is 0 Å². The van der Waals surface area contributed by atoms with Gasteiger partial charge in [0.2, 0.25) is 17.7 Å². The lowest BCUT2D eigenvalue weighted by atomic mass is 9.69. The van der Waals surface area contributed by atoms with Crippen molar-refractivity contribution in [2.24, 2.45) is 11.8 Å². The lowest BCUT2D eigenvalue weighted by molar-refractivity contribution is -0.141. The Morgan fingerprint density at radius 1 is 0.846 bits per heavy atom. The van der Waals surface area contributed by atoms with E-state index in [0.29, 0.717) is 58.2 Å². The second-order valence-electron chi connectivity index (χ2n) is 23.4. The number of carbonyl (C=O) groups excluding carboxylic acids is 2. The monoisotopic (exact) mass is 1060 g/mol. The summed E-state index contributed by atoms with van der Waals surface area (Å²) in [5, 5.41) is 46.1. The van der Waals surface area contributed by atoms with Crippen molar-refractivity contribution in [3.8, 4) is 34.8 Å². The maximum atomic E-state index is 14.2. The van der Waals surface area contributed by atoms with Gasteiger partial charge in [-0.3, -0.25) is 14.5 Å². The van der Waals surface area contributed by atoms with E-state index < -0.39 is 18.1 Å². The Kier molecular flexibility index (Phi) is 15.0. The minimum atomic E-state index is -0.850. The third kappa shape index (κ3) is 10.9. The summed E-state index contributed by atoms with van der Waals surface area (Å²) in [5.74, 6) is 0.774. The highest BCUT2D eigenvalue weighted by atomic mass is 16.5. The van der Waals surface area contributed by atoms with Crippen LogP contribution in [-0.4, -0.2) is 139 Å². The Labute approximate surface area is 456 Å². The maximum absolute atomic E-state index is 14.2. The van der Waals surface area contributed by atoms with Crippen molar-refractivity contribution in [3.63, 3.8) is 0 Å². The van der Waals surface area contributed by atoms with Gasteiger partial charge in [-0.15, -0.1) is 10.2 Å². The van der Waals surface area contributed by atoms with Gasteiger partial charge in [-0.05, 0) is 118 Å². The highest BCUT2D eigenvalue weighted by Gasteiger charge is 2.48. The molecule has 6 fully saturated rings. The number of nitrogens with two attached hydrogens (primary N) is 1. The van der Waals surface area contributed by atoms with Gasteiger partial charge >= 0.3 is 0 Å². The molecule has 2 amide bonds. The predicted octanol–water partition coefficient (Wildman–Crippen LogP) is 7.15. The summed E-state index contributed by atoms with van der Waals surface area (Å²) in [6.45, 7) is 13.9. The normalized spacial score (nSPS) is 26.2. The molecule has 78 heavy (non-hydrogen) atoms. The van der Waals surface area contributed by atoms with E-state index in [9.17, 15) is 19.8 Å². The topological polar surface area (TPSA) is 242 Å². The van der Waals surface area contributed by atoms with Crippen molar-refractivity contribution < 1.29 is 38.5 Å². The second-order valence-corrected chi connectivity index (χ2v) is 23.4. The molecule has 2 unspecified atom stereocenters. The SMILES string of the molecule is CC(C)[C@@H](C(=O)N1C[C@H](O)C[C@H]1C(=O)N[C@@H](C)c1ccc(C#N)cc1)c1cc(OC2CC(C(C)(C)N3CCC(OC4CC(Oc5cc(N6C7CCC6CN(c6cc(-c8ccccc8O)nnc6N)C7)ccn5)C4)CC3)C2)no1. The number of hydrogen-bond donors (Lipinski definition) is 4. The Morgan fingerprint density at radius 3 is 2.26 bits per heavy atom. The molecule has 11 rings (SSSR count). The molecule has 3 aromatic heterocycles. The molecular weight excluding hydrogens is 991 g/mol. The quantitative estimate of drug-likeness (QED) is 0.0723. The van der Waals surface area contributed by atoms with Gasteiger partial charge in [0.05, 0.1) is 47.4 Å². The highest BCUT2D eigenvalue weighted by Crippen LogP contribution is 2.44. The van der Waals surface area contributed by atoms with Crippen LogP contribution in [0, 0.1) is 23.2 Å². The fourth-order valence-corrected chi connectivity index (χ4v) is 12.9. The summed E-state index contributed by atoms with van der Waals surface area (Å²) in [5.41, 5.74) is 10.9. The molecule has 5 N–H and O–H groups in total. The van der Waals surface area contributed by atoms with Crippen LogP contribution in [0.15, 0.2) is 83.5 Å². The Bertz CT molecular complexity index is 2970. The Balaban J connectivity index is 0.609. The third-order valence-electron chi connectivity index (χ3n) is 17.7. The number of phenolic OH excluding ortho intramolecular Hbond substituents is 1. The number of phenols is 1. The number of nitriles is 1. The Morgan fingerprint density at radius 2 is 1.55 bits per heavy atom. The predicted molar refractivity (Wildman–Crippen MR) is 292 cm³/mol. The second kappa shape index (κ2) is 22.0. The van der Waals surface area contributed by atoms with Crippen molar-refractivity contribution in [3.05, 3.63) is 95.9 Å². The number of amides is 2. The number of carbonyl (C=O) groups is 2. The number of nitrogens with one attached hydrogen (secondary N) is 1. The van der Waals surface area contributed by atoms with Gasteiger partial charge in [-0.25, -0.2) is 4.98 Å². The maximum Gasteiger partial charge on any atom is 0.254 e. The van der Waals surface area contributed by atoms with E-state index in [4.69, 9.17) is 29.7 Å². The molecule has 2 bridgehead atoms. The van der Waals surface area contributed by atoms with E-state index in [1.54, 1.807) is 42.5 Å². The molecule has 0 spiro atoms. The molecule has 412 valence electrons. The number of anilines is 3. The summed E-state index contributed by atoms with van der Waals surface area (Å²) >= 11 is 0. The van der Waals surface area contributed by atoms with Gasteiger partial charge in [-0.1, -0.05) is 38.1 Å². The van der Waals surface area contributed by atoms with Crippen molar-refractivity contribution in [2.75, 3.05) is 48.3 Å². The fourth-order valence-electron chi connectivity index (χ4n) is 12.9. The number of hydrogen-bond acceptors (Lipinski definition) is 17. The number of benzene rings is 2. The van der Waals surface area contributed by atoms with E-state index in [1.165, 1.54) is 4.90 Å². The molecule has 2 aromatic carbocycles. The number of likely N-dealkylation sites (tertiary alicyclic amines) is 2. The zero-order chi connectivity index (χ0) is 54.4. The highest BCUT2D eigenvalue weighted by molar-refractivity contribution is 5.91. The third-order valence-corrected chi connectivity index (χ3v) is 17.7. The van der Waals surface area contributed by atoms with E-state index in [2.05, 4.69) is 72.4 Å². The van der Waals surface area contributed by atoms with Crippen LogP contribution in [0.1, 0.15) is 121 Å². The zero-order valence-corrected chi connectivity index (χ0v) is 45.3. The van der Waals surface area contributed by atoms with Gasteiger partial charge in [-0.2, -0.15) is 5.26 Å². The fraction of sp³-hybridized carbons (Fsp3) is 0.542. The molecule has 6 aliphatic rings.